The van der Waals surface area contributed by atoms with Crippen molar-refractivity contribution in [3.05, 3.63) is 30.5 Å². The lowest BCUT2D eigenvalue weighted by Crippen LogP contribution is -2.45. The van der Waals surface area contributed by atoms with Crippen LogP contribution >= 0.6 is 0 Å². The van der Waals surface area contributed by atoms with Crippen molar-refractivity contribution in [1.29, 1.82) is 0 Å². The van der Waals surface area contributed by atoms with E-state index in [9.17, 15) is 5.11 Å². The zero-order valence-electron chi connectivity index (χ0n) is 12.2. The summed E-state index contributed by atoms with van der Waals surface area (Å²) in [7, 11) is 1.99. The molecule has 3 rings (SSSR count). The minimum absolute atomic E-state index is 0.574. The van der Waals surface area contributed by atoms with Crippen LogP contribution < -0.4 is 10.6 Å². The van der Waals surface area contributed by atoms with Crippen LogP contribution in [0.15, 0.2) is 30.5 Å². The Morgan fingerprint density at radius 3 is 2.86 bits per heavy atom. The van der Waals surface area contributed by atoms with E-state index in [1.807, 2.05) is 31.3 Å². The third-order valence-corrected chi connectivity index (χ3v) is 4.15. The zero-order valence-corrected chi connectivity index (χ0v) is 12.2. The van der Waals surface area contributed by atoms with Crippen LogP contribution in [0, 0.1) is 0 Å². The summed E-state index contributed by atoms with van der Waals surface area (Å²) >= 11 is 0. The molecule has 1 aliphatic rings. The number of rotatable bonds is 3. The molecule has 1 aromatic heterocycles. The topological polar surface area (TPSA) is 71.6 Å². The predicted molar refractivity (Wildman–Crippen MR) is 84.4 cm³/mol. The molecule has 112 valence electrons. The number of nitrogens with two attached hydrogens (primary N) is 1. The zero-order chi connectivity index (χ0) is 14.9. The van der Waals surface area contributed by atoms with Crippen molar-refractivity contribution >= 4 is 22.3 Å². The van der Waals surface area contributed by atoms with Crippen molar-refractivity contribution in [2.24, 2.45) is 0 Å². The third kappa shape index (κ3) is 2.80. The second-order valence-corrected chi connectivity index (χ2v) is 5.77. The van der Waals surface area contributed by atoms with E-state index in [-0.39, 0.29) is 0 Å². The Kier molecular flexibility index (Phi) is 3.69. The van der Waals surface area contributed by atoms with Crippen molar-refractivity contribution in [2.45, 2.75) is 18.4 Å². The van der Waals surface area contributed by atoms with Gasteiger partial charge in [-0.15, -0.1) is 0 Å². The van der Waals surface area contributed by atoms with Gasteiger partial charge in [0, 0.05) is 56.9 Å². The fourth-order valence-corrected chi connectivity index (χ4v) is 2.95. The lowest BCUT2D eigenvalue weighted by atomic mass is 9.93. The maximum absolute atomic E-state index is 10.7. The highest BCUT2D eigenvalue weighted by Gasteiger charge is 2.31. The summed E-state index contributed by atoms with van der Waals surface area (Å²) in [5.41, 5.74) is 7.81. The Morgan fingerprint density at radius 2 is 2.10 bits per heavy atom. The average Bonchev–Trinajstić information content (AvgIpc) is 2.47. The van der Waals surface area contributed by atoms with E-state index in [0.717, 1.165) is 16.6 Å². The molecule has 5 heteroatoms. The van der Waals surface area contributed by atoms with Crippen molar-refractivity contribution in [1.82, 2.24) is 4.98 Å². The quantitative estimate of drug-likeness (QED) is 0.842. The molecule has 0 unspecified atom stereocenters. The number of fused-ring (bicyclic) bond motifs is 1. The molecule has 0 bridgehead atoms. The van der Waals surface area contributed by atoms with Gasteiger partial charge in [-0.3, -0.25) is 4.98 Å². The number of anilines is 2. The smallest absolute Gasteiger partial charge is 0.0951 e. The highest BCUT2D eigenvalue weighted by molar-refractivity contribution is 5.97. The monoisotopic (exact) mass is 287 g/mol. The first-order chi connectivity index (χ1) is 10.1. The van der Waals surface area contributed by atoms with Crippen LogP contribution in [0.5, 0.6) is 0 Å². The molecule has 0 spiro atoms. The summed E-state index contributed by atoms with van der Waals surface area (Å²) in [6, 6.07) is 7.76. The third-order valence-electron chi connectivity index (χ3n) is 4.15. The number of likely N-dealkylation sites (N-methyl/N-ethyl adjacent to an activating group) is 1. The van der Waals surface area contributed by atoms with E-state index in [2.05, 4.69) is 9.88 Å². The van der Waals surface area contributed by atoms with E-state index < -0.39 is 5.60 Å². The van der Waals surface area contributed by atoms with Gasteiger partial charge >= 0.3 is 0 Å². The molecule has 2 heterocycles. The number of benzene rings is 1. The maximum atomic E-state index is 10.7. The van der Waals surface area contributed by atoms with Gasteiger partial charge in [0.2, 0.25) is 0 Å². The molecule has 1 saturated heterocycles. The van der Waals surface area contributed by atoms with Gasteiger partial charge in [-0.1, -0.05) is 12.1 Å². The Labute approximate surface area is 124 Å². The highest BCUT2D eigenvalue weighted by atomic mass is 16.5. The minimum atomic E-state index is -0.692. The van der Waals surface area contributed by atoms with Crippen LogP contribution in [0.4, 0.5) is 11.4 Å². The van der Waals surface area contributed by atoms with Crippen molar-refractivity contribution < 1.29 is 9.84 Å². The van der Waals surface area contributed by atoms with Crippen molar-refractivity contribution in [2.75, 3.05) is 37.4 Å². The van der Waals surface area contributed by atoms with Gasteiger partial charge in [-0.05, 0) is 12.1 Å². The van der Waals surface area contributed by atoms with Crippen LogP contribution in [-0.2, 0) is 4.74 Å². The fraction of sp³-hybridized carbons (Fsp3) is 0.438. The Bertz CT molecular complexity index is 638. The van der Waals surface area contributed by atoms with Gasteiger partial charge in [0.1, 0.15) is 0 Å². The molecule has 21 heavy (non-hydrogen) atoms. The van der Waals surface area contributed by atoms with E-state index in [0.29, 0.717) is 38.3 Å². The summed E-state index contributed by atoms with van der Waals surface area (Å²) in [5, 5.41) is 11.7. The first kappa shape index (κ1) is 14.1. The van der Waals surface area contributed by atoms with Crippen LogP contribution in [0.2, 0.25) is 0 Å². The summed E-state index contributed by atoms with van der Waals surface area (Å²) in [5.74, 6) is 0. The summed E-state index contributed by atoms with van der Waals surface area (Å²) in [6.45, 7) is 1.81. The molecular weight excluding hydrogens is 266 g/mol. The Hall–Kier alpha value is -1.85. The molecule has 0 atom stereocenters. The van der Waals surface area contributed by atoms with Crippen molar-refractivity contribution in [3.8, 4) is 0 Å². The van der Waals surface area contributed by atoms with E-state index >= 15 is 0 Å². The van der Waals surface area contributed by atoms with Crippen LogP contribution in [-0.4, -0.2) is 42.5 Å². The molecule has 3 N–H and O–H groups in total. The van der Waals surface area contributed by atoms with Gasteiger partial charge in [0.25, 0.3) is 0 Å². The molecule has 5 nitrogen and oxygen atoms in total. The minimum Gasteiger partial charge on any atom is -0.397 e. The van der Waals surface area contributed by atoms with Gasteiger partial charge in [-0.25, -0.2) is 0 Å². The number of pyridine rings is 1. The predicted octanol–water partition coefficient (Wildman–Crippen LogP) is 1.79. The molecular formula is C16H21N3O2. The lowest BCUT2D eigenvalue weighted by Gasteiger charge is -2.36. The largest absolute Gasteiger partial charge is 0.397 e. The second-order valence-electron chi connectivity index (χ2n) is 5.77. The fourth-order valence-electron chi connectivity index (χ4n) is 2.95. The number of hydrogen-bond acceptors (Lipinski definition) is 5. The molecule has 1 aromatic carbocycles. The molecule has 2 aromatic rings. The number of aromatic nitrogens is 1. The van der Waals surface area contributed by atoms with Gasteiger partial charge in [0.05, 0.1) is 16.8 Å². The molecule has 0 radical (unpaired) electrons. The standard InChI is InChI=1S/C16H21N3O2/c1-19(11-16(20)6-9-21-10-7-16)14-5-8-18-15-12(14)3-2-4-13(15)17/h2-5,8,20H,6-7,9-11,17H2,1H3. The first-order valence-electron chi connectivity index (χ1n) is 7.24. The van der Waals surface area contributed by atoms with Crippen LogP contribution in [0.25, 0.3) is 10.9 Å². The van der Waals surface area contributed by atoms with Gasteiger partial charge in [-0.2, -0.15) is 0 Å². The number of para-hydroxylation sites is 1. The van der Waals surface area contributed by atoms with Crippen molar-refractivity contribution in [3.63, 3.8) is 0 Å². The molecule has 0 aliphatic carbocycles. The molecule has 0 amide bonds. The summed E-state index contributed by atoms with van der Waals surface area (Å²) < 4.78 is 5.33. The Morgan fingerprint density at radius 1 is 1.33 bits per heavy atom. The number of aliphatic hydroxyl groups is 1. The number of nitrogens with zero attached hydrogens (tertiary/aromatic N) is 2. The molecule has 1 aliphatic heterocycles. The van der Waals surface area contributed by atoms with Gasteiger partial charge in [0.15, 0.2) is 0 Å². The average molecular weight is 287 g/mol. The van der Waals surface area contributed by atoms with Crippen LogP contribution in [0.1, 0.15) is 12.8 Å². The molecule has 1 fully saturated rings. The summed E-state index contributed by atoms with van der Waals surface area (Å²) in [6.07, 6.45) is 3.10. The Balaban J connectivity index is 1.91. The number of ether oxygens (including phenoxy) is 1. The van der Waals surface area contributed by atoms with Gasteiger partial charge < -0.3 is 20.5 Å². The van der Waals surface area contributed by atoms with E-state index in [4.69, 9.17) is 10.5 Å². The van der Waals surface area contributed by atoms with E-state index in [1.165, 1.54) is 0 Å². The lowest BCUT2D eigenvalue weighted by molar-refractivity contribution is -0.0572. The SMILES string of the molecule is CN(CC1(O)CCOCC1)c1ccnc2c(N)cccc12. The molecule has 0 saturated carbocycles. The van der Waals surface area contributed by atoms with E-state index in [1.54, 1.807) is 6.20 Å². The first-order valence-corrected chi connectivity index (χ1v) is 7.24. The maximum Gasteiger partial charge on any atom is 0.0951 e. The van der Waals surface area contributed by atoms with Crippen LogP contribution in [0.3, 0.4) is 0 Å². The second kappa shape index (κ2) is 5.50. The summed E-state index contributed by atoms with van der Waals surface area (Å²) in [4.78, 5) is 6.43. The highest BCUT2D eigenvalue weighted by Crippen LogP contribution is 2.30. The number of nitrogen functional groups attached to an aromatic ring is 1. The number of hydrogen-bond donors (Lipinski definition) is 2. The normalized spacial score (nSPS) is 17.8.